The van der Waals surface area contributed by atoms with Crippen molar-refractivity contribution in [3.63, 3.8) is 0 Å². The summed E-state index contributed by atoms with van der Waals surface area (Å²) in [5, 5.41) is 13.2. The first-order valence-electron chi connectivity index (χ1n) is 9.66. The number of rotatable bonds is 8. The van der Waals surface area contributed by atoms with Crippen molar-refractivity contribution < 1.29 is 9.90 Å². The Hall–Kier alpha value is -2.64. The zero-order valence-electron chi connectivity index (χ0n) is 16.6. The average molecular weight is 412 g/mol. The molecule has 6 nitrogen and oxygen atoms in total. The molecule has 7 heteroatoms. The SMILES string of the molecule is CCc1cccc(C)c1NC(=O)CSc1nc2ccccc2c(=O)n1CCCO. The molecule has 1 heterocycles. The first-order valence-corrected chi connectivity index (χ1v) is 10.6. The topological polar surface area (TPSA) is 84.2 Å². The van der Waals surface area contributed by atoms with Gasteiger partial charge in [0.15, 0.2) is 5.16 Å². The molecule has 29 heavy (non-hydrogen) atoms. The van der Waals surface area contributed by atoms with E-state index in [0.29, 0.717) is 29.0 Å². The van der Waals surface area contributed by atoms with Crippen molar-refractivity contribution in [1.29, 1.82) is 0 Å². The van der Waals surface area contributed by atoms with Crippen LogP contribution in [0.25, 0.3) is 10.9 Å². The van der Waals surface area contributed by atoms with Crippen molar-refractivity contribution in [2.75, 3.05) is 17.7 Å². The number of aromatic nitrogens is 2. The number of aryl methyl sites for hydroxylation is 2. The lowest BCUT2D eigenvalue weighted by molar-refractivity contribution is -0.113. The molecular formula is C22H25N3O3S. The number of aliphatic hydroxyl groups excluding tert-OH is 1. The molecule has 0 aliphatic rings. The number of carbonyl (C=O) groups is 1. The molecule has 3 rings (SSSR count). The van der Waals surface area contributed by atoms with Gasteiger partial charge in [-0.25, -0.2) is 4.98 Å². The molecule has 0 aliphatic heterocycles. The van der Waals surface area contributed by atoms with Crippen molar-refractivity contribution in [2.24, 2.45) is 0 Å². The van der Waals surface area contributed by atoms with Crippen LogP contribution < -0.4 is 10.9 Å². The number of anilines is 1. The first-order chi connectivity index (χ1) is 14.0. The number of thioether (sulfide) groups is 1. The molecule has 0 aliphatic carbocycles. The highest BCUT2D eigenvalue weighted by Crippen LogP contribution is 2.23. The van der Waals surface area contributed by atoms with E-state index in [0.717, 1.165) is 23.2 Å². The zero-order valence-corrected chi connectivity index (χ0v) is 17.5. The molecule has 3 aromatic rings. The van der Waals surface area contributed by atoms with E-state index in [-0.39, 0.29) is 23.8 Å². The number of benzene rings is 2. The minimum absolute atomic E-state index is 0.0169. The van der Waals surface area contributed by atoms with E-state index in [9.17, 15) is 14.7 Å². The Labute approximate surface area is 174 Å². The van der Waals surface area contributed by atoms with Gasteiger partial charge in [-0.3, -0.25) is 14.2 Å². The summed E-state index contributed by atoms with van der Waals surface area (Å²) >= 11 is 1.23. The molecule has 2 N–H and O–H groups in total. The molecule has 0 bridgehead atoms. The lowest BCUT2D eigenvalue weighted by atomic mass is 10.1. The van der Waals surface area contributed by atoms with Crippen LogP contribution in [-0.2, 0) is 17.8 Å². The van der Waals surface area contributed by atoms with Crippen LogP contribution in [0.2, 0.25) is 0 Å². The standard InChI is InChI=1S/C22H25N3O3S/c1-3-16-9-6-8-15(2)20(16)24-19(27)14-29-22-23-18-11-5-4-10-17(18)21(28)25(22)12-7-13-26/h4-6,8-11,26H,3,7,12-14H2,1-2H3,(H,24,27). The van der Waals surface area contributed by atoms with E-state index in [2.05, 4.69) is 17.2 Å². The molecule has 1 amide bonds. The number of para-hydroxylation sites is 2. The number of aliphatic hydroxyl groups is 1. The van der Waals surface area contributed by atoms with Crippen LogP contribution in [0, 0.1) is 6.92 Å². The highest BCUT2D eigenvalue weighted by Gasteiger charge is 2.14. The summed E-state index contributed by atoms with van der Waals surface area (Å²) in [7, 11) is 0. The number of amides is 1. The van der Waals surface area contributed by atoms with E-state index in [1.807, 2.05) is 31.2 Å². The van der Waals surface area contributed by atoms with E-state index in [1.165, 1.54) is 11.8 Å². The Morgan fingerprint density at radius 1 is 1.21 bits per heavy atom. The fourth-order valence-electron chi connectivity index (χ4n) is 3.19. The van der Waals surface area contributed by atoms with Gasteiger partial charge in [-0.05, 0) is 43.0 Å². The van der Waals surface area contributed by atoms with Crippen molar-refractivity contribution in [2.45, 2.75) is 38.4 Å². The van der Waals surface area contributed by atoms with Gasteiger partial charge in [0.1, 0.15) is 0 Å². The number of nitrogens with one attached hydrogen (secondary N) is 1. The van der Waals surface area contributed by atoms with Gasteiger partial charge >= 0.3 is 0 Å². The van der Waals surface area contributed by atoms with E-state index < -0.39 is 0 Å². The fraction of sp³-hybridized carbons (Fsp3) is 0.318. The van der Waals surface area contributed by atoms with Crippen LogP contribution in [-0.4, -0.2) is 32.9 Å². The predicted molar refractivity (Wildman–Crippen MR) is 118 cm³/mol. The van der Waals surface area contributed by atoms with Gasteiger partial charge in [-0.2, -0.15) is 0 Å². The third-order valence-electron chi connectivity index (χ3n) is 4.70. The number of nitrogens with zero attached hydrogens (tertiary/aromatic N) is 2. The highest BCUT2D eigenvalue weighted by atomic mass is 32.2. The third kappa shape index (κ3) is 4.86. The molecule has 0 saturated carbocycles. The van der Waals surface area contributed by atoms with Crippen LogP contribution in [0.15, 0.2) is 52.4 Å². The maximum Gasteiger partial charge on any atom is 0.262 e. The van der Waals surface area contributed by atoms with Crippen molar-refractivity contribution in [1.82, 2.24) is 9.55 Å². The largest absolute Gasteiger partial charge is 0.396 e. The van der Waals surface area contributed by atoms with Crippen LogP contribution in [0.1, 0.15) is 24.5 Å². The third-order valence-corrected chi connectivity index (χ3v) is 5.68. The number of carbonyl (C=O) groups excluding carboxylic acids is 1. The monoisotopic (exact) mass is 411 g/mol. The molecule has 0 spiro atoms. The summed E-state index contributed by atoms with van der Waals surface area (Å²) < 4.78 is 1.54. The summed E-state index contributed by atoms with van der Waals surface area (Å²) in [6.45, 7) is 4.36. The predicted octanol–water partition coefficient (Wildman–Crippen LogP) is 3.38. The number of fused-ring (bicyclic) bond motifs is 1. The molecule has 0 saturated heterocycles. The molecule has 152 valence electrons. The molecular weight excluding hydrogens is 386 g/mol. The maximum atomic E-state index is 12.8. The minimum atomic E-state index is -0.154. The average Bonchev–Trinajstić information content (AvgIpc) is 2.73. The van der Waals surface area contributed by atoms with Crippen LogP contribution in [0.4, 0.5) is 5.69 Å². The van der Waals surface area contributed by atoms with Gasteiger partial charge in [0.25, 0.3) is 5.56 Å². The second-order valence-corrected chi connectivity index (χ2v) is 7.69. The summed E-state index contributed by atoms with van der Waals surface area (Å²) in [5.41, 5.74) is 3.41. The van der Waals surface area contributed by atoms with Gasteiger partial charge in [0.2, 0.25) is 5.91 Å². The first kappa shape index (κ1) is 21.1. The van der Waals surface area contributed by atoms with E-state index in [4.69, 9.17) is 0 Å². The van der Waals surface area contributed by atoms with E-state index >= 15 is 0 Å². The Morgan fingerprint density at radius 3 is 2.76 bits per heavy atom. The van der Waals surface area contributed by atoms with Crippen molar-refractivity contribution in [3.8, 4) is 0 Å². The van der Waals surface area contributed by atoms with Gasteiger partial charge in [-0.1, -0.05) is 49.0 Å². The number of hydrogen-bond acceptors (Lipinski definition) is 5. The highest BCUT2D eigenvalue weighted by molar-refractivity contribution is 7.99. The van der Waals surface area contributed by atoms with Gasteiger partial charge in [0.05, 0.1) is 16.7 Å². The van der Waals surface area contributed by atoms with Crippen molar-refractivity contribution in [3.05, 3.63) is 63.9 Å². The molecule has 0 atom stereocenters. The fourth-order valence-corrected chi connectivity index (χ4v) is 4.02. The summed E-state index contributed by atoms with van der Waals surface area (Å²) in [6.07, 6.45) is 1.28. The Morgan fingerprint density at radius 2 is 2.00 bits per heavy atom. The second-order valence-electron chi connectivity index (χ2n) is 6.74. The molecule has 0 radical (unpaired) electrons. The van der Waals surface area contributed by atoms with Crippen LogP contribution in [0.3, 0.4) is 0 Å². The lowest BCUT2D eigenvalue weighted by Crippen LogP contribution is -2.25. The summed E-state index contributed by atoms with van der Waals surface area (Å²) in [5.74, 6) is -0.00314. The number of hydrogen-bond donors (Lipinski definition) is 2. The van der Waals surface area contributed by atoms with Crippen molar-refractivity contribution >= 4 is 34.3 Å². The smallest absolute Gasteiger partial charge is 0.262 e. The molecule has 0 fully saturated rings. The maximum absolute atomic E-state index is 12.8. The summed E-state index contributed by atoms with van der Waals surface area (Å²) in [6, 6.07) is 13.1. The molecule has 0 unspecified atom stereocenters. The quantitative estimate of drug-likeness (QED) is 0.439. The second kappa shape index (κ2) is 9.71. The van der Waals surface area contributed by atoms with Crippen LogP contribution in [0.5, 0.6) is 0 Å². The normalized spacial score (nSPS) is 11.0. The zero-order chi connectivity index (χ0) is 20.8. The van der Waals surface area contributed by atoms with Gasteiger partial charge < -0.3 is 10.4 Å². The van der Waals surface area contributed by atoms with Crippen LogP contribution >= 0.6 is 11.8 Å². The molecule has 2 aromatic carbocycles. The van der Waals surface area contributed by atoms with Gasteiger partial charge in [-0.15, -0.1) is 0 Å². The summed E-state index contributed by atoms with van der Waals surface area (Å²) in [4.78, 5) is 30.0. The Balaban J connectivity index is 1.83. The lowest BCUT2D eigenvalue weighted by Gasteiger charge is -2.14. The Bertz CT molecular complexity index is 1080. The van der Waals surface area contributed by atoms with E-state index in [1.54, 1.807) is 22.8 Å². The Kier molecular flexibility index (Phi) is 7.06. The molecule has 1 aromatic heterocycles. The minimum Gasteiger partial charge on any atom is -0.396 e. The van der Waals surface area contributed by atoms with Gasteiger partial charge in [0, 0.05) is 18.8 Å².